The minimum absolute atomic E-state index is 0.0516. The van der Waals surface area contributed by atoms with Gasteiger partial charge >= 0.3 is 5.69 Å². The second-order valence-electron chi connectivity index (χ2n) is 7.13. The molecule has 7 heteroatoms. The average molecular weight is 376 g/mol. The number of nitrogens with zero attached hydrogens (tertiary/aromatic N) is 3. The van der Waals surface area contributed by atoms with Crippen LogP contribution in [-0.2, 0) is 0 Å². The van der Waals surface area contributed by atoms with Crippen LogP contribution in [0.25, 0.3) is 33.9 Å². The van der Waals surface area contributed by atoms with Crippen molar-refractivity contribution in [3.05, 3.63) is 52.9 Å². The minimum atomic E-state index is -0.0516. The highest BCUT2D eigenvalue weighted by atomic mass is 16.5. The third-order valence-electron chi connectivity index (χ3n) is 5.41. The van der Waals surface area contributed by atoms with Crippen molar-refractivity contribution in [3.8, 4) is 28.6 Å². The fraction of sp³-hybridized carbons (Fsp3) is 0.286. The second kappa shape index (κ2) is 6.67. The van der Waals surface area contributed by atoms with Crippen LogP contribution in [0.15, 0.2) is 51.8 Å². The summed E-state index contributed by atoms with van der Waals surface area (Å²) in [6, 6.07) is 13.6. The number of fused-ring (bicyclic) bond motifs is 1. The van der Waals surface area contributed by atoms with Crippen molar-refractivity contribution in [2.24, 2.45) is 0 Å². The molecule has 7 nitrogen and oxygen atoms in total. The molecule has 0 atom stereocenters. The zero-order valence-electron chi connectivity index (χ0n) is 15.5. The molecule has 0 saturated heterocycles. The Balaban J connectivity index is 1.51. The van der Waals surface area contributed by atoms with E-state index in [0.717, 1.165) is 40.8 Å². The van der Waals surface area contributed by atoms with Gasteiger partial charge in [0.1, 0.15) is 5.75 Å². The molecule has 0 radical (unpaired) electrons. The normalized spacial score (nSPS) is 14.8. The van der Waals surface area contributed by atoms with E-state index >= 15 is 0 Å². The Morgan fingerprint density at radius 1 is 1.14 bits per heavy atom. The number of rotatable bonds is 4. The summed E-state index contributed by atoms with van der Waals surface area (Å²) in [4.78, 5) is 19.9. The van der Waals surface area contributed by atoms with Crippen molar-refractivity contribution in [3.63, 3.8) is 0 Å². The molecule has 5 rings (SSSR count). The van der Waals surface area contributed by atoms with Crippen molar-refractivity contribution in [2.75, 3.05) is 7.11 Å². The number of methoxy groups -OCH3 is 1. The number of ether oxygens (including phenoxy) is 1. The maximum Gasteiger partial charge on any atom is 0.326 e. The molecule has 0 unspecified atom stereocenters. The first-order chi connectivity index (χ1) is 13.7. The van der Waals surface area contributed by atoms with Gasteiger partial charge in [0.15, 0.2) is 0 Å². The van der Waals surface area contributed by atoms with Crippen molar-refractivity contribution >= 4 is 11.0 Å². The molecule has 0 bridgehead atoms. The molecule has 1 aliphatic rings. The molecule has 0 aliphatic heterocycles. The minimum Gasteiger partial charge on any atom is -0.497 e. The Bertz CT molecular complexity index is 1200. The van der Waals surface area contributed by atoms with Crippen molar-refractivity contribution in [1.29, 1.82) is 0 Å². The summed E-state index contributed by atoms with van der Waals surface area (Å²) in [6.45, 7) is 0. The van der Waals surface area contributed by atoms with E-state index in [9.17, 15) is 4.79 Å². The molecule has 1 fully saturated rings. The summed E-state index contributed by atoms with van der Waals surface area (Å²) in [5, 5.41) is 4.11. The van der Waals surface area contributed by atoms with Crippen LogP contribution in [-0.4, -0.2) is 26.8 Å². The summed E-state index contributed by atoms with van der Waals surface area (Å²) in [6.07, 6.45) is 4.47. The lowest BCUT2D eigenvalue weighted by molar-refractivity contribution is 0.413. The van der Waals surface area contributed by atoms with Crippen molar-refractivity contribution < 1.29 is 9.26 Å². The van der Waals surface area contributed by atoms with E-state index in [1.54, 1.807) is 7.11 Å². The van der Waals surface area contributed by atoms with Gasteiger partial charge in [-0.1, -0.05) is 24.1 Å². The van der Waals surface area contributed by atoms with Gasteiger partial charge < -0.3 is 14.2 Å². The summed E-state index contributed by atoms with van der Waals surface area (Å²) in [5.41, 5.74) is 3.26. The number of hydrogen-bond donors (Lipinski definition) is 1. The van der Waals surface area contributed by atoms with Crippen LogP contribution in [0.1, 0.15) is 31.7 Å². The largest absolute Gasteiger partial charge is 0.497 e. The SMILES string of the molecule is COc1cccc(-c2nc(-c3ccc4c(c3)[nH]c(=O)n4C3CCCC3)no2)c1. The van der Waals surface area contributed by atoms with Crippen LogP contribution in [0, 0.1) is 0 Å². The standard InChI is InChI=1S/C21H20N4O3/c1-27-16-8-4-5-14(11-16)20-23-19(24-28-20)13-9-10-18-17(12-13)22-21(26)25(18)15-6-2-3-7-15/h4-5,8-12,15H,2-3,6-7H2,1H3,(H,22,26). The monoisotopic (exact) mass is 376 g/mol. The van der Waals surface area contributed by atoms with E-state index in [1.165, 1.54) is 12.8 Å². The third kappa shape index (κ3) is 2.79. The van der Waals surface area contributed by atoms with Crippen molar-refractivity contribution in [2.45, 2.75) is 31.7 Å². The number of nitrogens with one attached hydrogen (secondary N) is 1. The number of benzene rings is 2. The number of H-pyrrole nitrogens is 1. The van der Waals surface area contributed by atoms with Gasteiger partial charge in [0.05, 0.1) is 18.1 Å². The number of hydrogen-bond acceptors (Lipinski definition) is 5. The smallest absolute Gasteiger partial charge is 0.326 e. The Hall–Kier alpha value is -3.35. The van der Waals surface area contributed by atoms with Gasteiger partial charge in [-0.05, 0) is 49.2 Å². The van der Waals surface area contributed by atoms with Crippen LogP contribution in [0.3, 0.4) is 0 Å². The van der Waals surface area contributed by atoms with E-state index in [2.05, 4.69) is 15.1 Å². The Morgan fingerprint density at radius 3 is 2.82 bits per heavy atom. The van der Waals surface area contributed by atoms with Gasteiger partial charge in [-0.2, -0.15) is 4.98 Å². The second-order valence-corrected chi connectivity index (χ2v) is 7.13. The predicted octanol–water partition coefficient (Wildman–Crippen LogP) is 4.17. The van der Waals surface area contributed by atoms with E-state index in [0.29, 0.717) is 11.7 Å². The topological polar surface area (TPSA) is 85.9 Å². The van der Waals surface area contributed by atoms with Crippen LogP contribution in [0.2, 0.25) is 0 Å². The van der Waals surface area contributed by atoms with Gasteiger partial charge in [0, 0.05) is 17.2 Å². The molecule has 2 heterocycles. The van der Waals surface area contributed by atoms with Gasteiger partial charge in [0.2, 0.25) is 5.82 Å². The molecule has 0 spiro atoms. The van der Waals surface area contributed by atoms with Crippen LogP contribution in [0.4, 0.5) is 0 Å². The highest BCUT2D eigenvalue weighted by molar-refractivity contribution is 5.81. The first kappa shape index (κ1) is 16.8. The van der Waals surface area contributed by atoms with Gasteiger partial charge in [0.25, 0.3) is 5.89 Å². The third-order valence-corrected chi connectivity index (χ3v) is 5.41. The van der Waals surface area contributed by atoms with Crippen LogP contribution < -0.4 is 10.4 Å². The van der Waals surface area contributed by atoms with Gasteiger partial charge in [-0.15, -0.1) is 0 Å². The fourth-order valence-electron chi connectivity index (χ4n) is 4.01. The summed E-state index contributed by atoms with van der Waals surface area (Å²) in [7, 11) is 1.62. The summed E-state index contributed by atoms with van der Waals surface area (Å²) in [5.74, 6) is 1.63. The zero-order chi connectivity index (χ0) is 19.1. The lowest BCUT2D eigenvalue weighted by atomic mass is 10.1. The Labute approximate surface area is 161 Å². The Kier molecular flexibility index (Phi) is 4.00. The lowest BCUT2D eigenvalue weighted by Crippen LogP contribution is -2.20. The molecule has 2 aromatic carbocycles. The van der Waals surface area contributed by atoms with E-state index in [1.807, 2.05) is 47.0 Å². The predicted molar refractivity (Wildman–Crippen MR) is 105 cm³/mol. The molecular formula is C21H20N4O3. The van der Waals surface area contributed by atoms with Gasteiger partial charge in [-0.25, -0.2) is 4.79 Å². The number of aromatic nitrogens is 4. The first-order valence-corrected chi connectivity index (χ1v) is 9.46. The fourth-order valence-corrected chi connectivity index (χ4v) is 4.01. The molecule has 28 heavy (non-hydrogen) atoms. The van der Waals surface area contributed by atoms with E-state index in [-0.39, 0.29) is 11.7 Å². The van der Waals surface area contributed by atoms with Crippen LogP contribution >= 0.6 is 0 Å². The maximum absolute atomic E-state index is 12.5. The van der Waals surface area contributed by atoms with Crippen molar-refractivity contribution in [1.82, 2.24) is 19.7 Å². The molecule has 1 aliphatic carbocycles. The van der Waals surface area contributed by atoms with Gasteiger partial charge in [-0.3, -0.25) is 4.57 Å². The quantitative estimate of drug-likeness (QED) is 0.578. The number of imidazole rings is 1. The molecule has 2 aromatic heterocycles. The first-order valence-electron chi connectivity index (χ1n) is 9.46. The molecule has 1 saturated carbocycles. The summed E-state index contributed by atoms with van der Waals surface area (Å²) < 4.78 is 12.6. The molecule has 4 aromatic rings. The molecule has 1 N–H and O–H groups in total. The van der Waals surface area contributed by atoms with E-state index in [4.69, 9.17) is 9.26 Å². The average Bonchev–Trinajstić information content (AvgIpc) is 3.46. The molecular weight excluding hydrogens is 356 g/mol. The van der Waals surface area contributed by atoms with E-state index < -0.39 is 0 Å². The highest BCUT2D eigenvalue weighted by Gasteiger charge is 2.21. The lowest BCUT2D eigenvalue weighted by Gasteiger charge is -2.11. The van der Waals surface area contributed by atoms with Crippen LogP contribution in [0.5, 0.6) is 5.75 Å². The maximum atomic E-state index is 12.5. The highest BCUT2D eigenvalue weighted by Crippen LogP contribution is 2.32. The number of aromatic amines is 1. The zero-order valence-corrected chi connectivity index (χ0v) is 15.5. The molecule has 0 amide bonds. The summed E-state index contributed by atoms with van der Waals surface area (Å²) >= 11 is 0. The Morgan fingerprint density at radius 2 is 2.00 bits per heavy atom. The molecule has 142 valence electrons.